The van der Waals surface area contributed by atoms with Crippen molar-refractivity contribution in [2.24, 2.45) is 4.99 Å². The molecular formula is C18H23N7O. The monoisotopic (exact) mass is 353 g/mol. The van der Waals surface area contributed by atoms with Crippen LogP contribution in [-0.2, 0) is 11.3 Å². The molecule has 1 saturated heterocycles. The molecule has 0 bridgehead atoms. The summed E-state index contributed by atoms with van der Waals surface area (Å²) in [5.41, 5.74) is 2.08. The fourth-order valence-electron chi connectivity index (χ4n) is 3.30. The molecule has 1 saturated carbocycles. The van der Waals surface area contributed by atoms with Crippen LogP contribution in [0.4, 0.5) is 0 Å². The maximum atomic E-state index is 12.3. The van der Waals surface area contributed by atoms with Crippen LogP contribution in [0.15, 0.2) is 41.9 Å². The Morgan fingerprint density at radius 2 is 2.23 bits per heavy atom. The van der Waals surface area contributed by atoms with Crippen LogP contribution in [0.2, 0.25) is 0 Å². The molecule has 1 amide bonds. The minimum absolute atomic E-state index is 0.204. The zero-order chi connectivity index (χ0) is 17.9. The summed E-state index contributed by atoms with van der Waals surface area (Å²) in [5.74, 6) is 0.967. The summed E-state index contributed by atoms with van der Waals surface area (Å²) in [5, 5.41) is 7.53. The van der Waals surface area contributed by atoms with Gasteiger partial charge in [0.2, 0.25) is 5.91 Å². The molecule has 0 unspecified atom stereocenters. The van der Waals surface area contributed by atoms with E-state index >= 15 is 0 Å². The van der Waals surface area contributed by atoms with Crippen LogP contribution in [-0.4, -0.2) is 69.2 Å². The highest BCUT2D eigenvalue weighted by atomic mass is 16.2. The van der Waals surface area contributed by atoms with E-state index in [0.717, 1.165) is 43.1 Å². The number of rotatable bonds is 4. The van der Waals surface area contributed by atoms with Gasteiger partial charge in [-0.05, 0) is 30.5 Å². The number of carbonyl (C=O) groups is 1. The van der Waals surface area contributed by atoms with Gasteiger partial charge in [0, 0.05) is 32.7 Å². The second kappa shape index (κ2) is 7.15. The lowest BCUT2D eigenvalue weighted by atomic mass is 10.2. The maximum absolute atomic E-state index is 12.3. The second-order valence-corrected chi connectivity index (χ2v) is 6.65. The molecule has 4 rings (SSSR count). The van der Waals surface area contributed by atoms with Crippen LogP contribution < -0.4 is 5.32 Å². The Morgan fingerprint density at radius 3 is 2.92 bits per heavy atom. The molecule has 1 aromatic heterocycles. The first-order chi connectivity index (χ1) is 12.7. The smallest absolute Gasteiger partial charge is 0.242 e. The van der Waals surface area contributed by atoms with Gasteiger partial charge in [0.1, 0.15) is 12.7 Å². The highest BCUT2D eigenvalue weighted by Gasteiger charge is 2.36. The molecule has 136 valence electrons. The third-order valence-corrected chi connectivity index (χ3v) is 4.80. The molecule has 0 atom stereocenters. The third-order valence-electron chi connectivity index (χ3n) is 4.80. The lowest BCUT2D eigenvalue weighted by Gasteiger charge is -2.36. The first-order valence-corrected chi connectivity index (χ1v) is 8.93. The van der Waals surface area contributed by atoms with Crippen molar-refractivity contribution in [1.29, 1.82) is 0 Å². The Balaban J connectivity index is 1.37. The predicted molar refractivity (Wildman–Crippen MR) is 97.9 cm³/mol. The van der Waals surface area contributed by atoms with Gasteiger partial charge in [-0.3, -0.25) is 9.79 Å². The summed E-state index contributed by atoms with van der Waals surface area (Å²) in [6.45, 7) is 2.63. The van der Waals surface area contributed by atoms with E-state index in [-0.39, 0.29) is 5.91 Å². The van der Waals surface area contributed by atoms with E-state index in [1.54, 1.807) is 18.1 Å². The van der Waals surface area contributed by atoms with E-state index in [1.807, 2.05) is 21.9 Å². The number of amides is 1. The molecule has 26 heavy (non-hydrogen) atoms. The number of nitrogens with one attached hydrogen (secondary N) is 1. The summed E-state index contributed by atoms with van der Waals surface area (Å²) < 4.78 is 1.73. The van der Waals surface area contributed by atoms with Crippen LogP contribution in [0.25, 0.3) is 5.69 Å². The zero-order valence-corrected chi connectivity index (χ0v) is 14.9. The van der Waals surface area contributed by atoms with Gasteiger partial charge in [0.15, 0.2) is 5.96 Å². The van der Waals surface area contributed by atoms with Crippen LogP contribution in [0.1, 0.15) is 18.4 Å². The van der Waals surface area contributed by atoms with Crippen LogP contribution in [0.3, 0.4) is 0 Å². The van der Waals surface area contributed by atoms with E-state index in [9.17, 15) is 4.79 Å². The van der Waals surface area contributed by atoms with Gasteiger partial charge in [-0.15, -0.1) is 0 Å². The minimum Gasteiger partial charge on any atom is -0.352 e. The van der Waals surface area contributed by atoms with Crippen LogP contribution in [0, 0.1) is 0 Å². The van der Waals surface area contributed by atoms with Crippen molar-refractivity contribution < 1.29 is 4.79 Å². The van der Waals surface area contributed by atoms with Crippen molar-refractivity contribution >= 4 is 11.9 Å². The Hall–Kier alpha value is -2.90. The lowest BCUT2D eigenvalue weighted by Crippen LogP contribution is -2.55. The molecule has 0 spiro atoms. The largest absolute Gasteiger partial charge is 0.352 e. The standard InChI is InChI=1S/C18H23N7O/c1-19-18(23-7-8-24(15-5-6-15)17(26)11-23)21-10-14-3-2-4-16(9-14)25-13-20-12-22-25/h2-4,9,12-13,15H,5-8,10-11H2,1H3,(H,19,21). The summed E-state index contributed by atoms with van der Waals surface area (Å²) >= 11 is 0. The SMILES string of the molecule is CN=C(NCc1cccc(-n2cncn2)c1)N1CCN(C2CC2)C(=O)C1. The van der Waals surface area contributed by atoms with Crippen molar-refractivity contribution in [2.75, 3.05) is 26.7 Å². The molecule has 8 nitrogen and oxygen atoms in total. The summed E-state index contributed by atoms with van der Waals surface area (Å²) in [4.78, 5) is 24.7. The van der Waals surface area contributed by atoms with Crippen molar-refractivity contribution in [2.45, 2.75) is 25.4 Å². The quantitative estimate of drug-likeness (QED) is 0.645. The minimum atomic E-state index is 0.204. The lowest BCUT2D eigenvalue weighted by molar-refractivity contribution is -0.135. The molecule has 2 heterocycles. The van der Waals surface area contributed by atoms with Crippen LogP contribution >= 0.6 is 0 Å². The number of benzene rings is 1. The van der Waals surface area contributed by atoms with Crippen molar-refractivity contribution in [1.82, 2.24) is 29.9 Å². The van der Waals surface area contributed by atoms with E-state index in [0.29, 0.717) is 19.1 Å². The average Bonchev–Trinajstić information content (AvgIpc) is 3.35. The Bertz CT molecular complexity index is 798. The first-order valence-electron chi connectivity index (χ1n) is 8.93. The number of aromatic nitrogens is 3. The Kier molecular flexibility index (Phi) is 4.55. The number of aliphatic imine (C=N–C) groups is 1. The van der Waals surface area contributed by atoms with E-state index in [2.05, 4.69) is 32.5 Å². The fourth-order valence-corrected chi connectivity index (χ4v) is 3.30. The van der Waals surface area contributed by atoms with Crippen molar-refractivity contribution in [3.8, 4) is 5.69 Å². The summed E-state index contributed by atoms with van der Waals surface area (Å²) in [7, 11) is 1.76. The van der Waals surface area contributed by atoms with Crippen LogP contribution in [0.5, 0.6) is 0 Å². The molecule has 8 heteroatoms. The number of hydrogen-bond acceptors (Lipinski definition) is 4. The number of guanidine groups is 1. The molecular weight excluding hydrogens is 330 g/mol. The molecule has 0 radical (unpaired) electrons. The number of hydrogen-bond donors (Lipinski definition) is 1. The number of carbonyl (C=O) groups excluding carboxylic acids is 1. The molecule has 1 aliphatic carbocycles. The summed E-state index contributed by atoms with van der Waals surface area (Å²) in [6, 6.07) is 8.58. The second-order valence-electron chi connectivity index (χ2n) is 6.65. The van der Waals surface area contributed by atoms with Gasteiger partial charge in [0.05, 0.1) is 12.2 Å². The fraction of sp³-hybridized carbons (Fsp3) is 0.444. The Morgan fingerprint density at radius 1 is 1.35 bits per heavy atom. The Labute approximate surface area is 152 Å². The first kappa shape index (κ1) is 16.6. The zero-order valence-electron chi connectivity index (χ0n) is 14.9. The van der Waals surface area contributed by atoms with Crippen molar-refractivity contribution in [3.63, 3.8) is 0 Å². The molecule has 2 aromatic rings. The van der Waals surface area contributed by atoms with Gasteiger partial charge < -0.3 is 15.1 Å². The molecule has 2 fully saturated rings. The van der Waals surface area contributed by atoms with E-state index in [4.69, 9.17) is 0 Å². The van der Waals surface area contributed by atoms with Crippen molar-refractivity contribution in [3.05, 3.63) is 42.5 Å². The molecule has 2 aliphatic rings. The highest BCUT2D eigenvalue weighted by Crippen LogP contribution is 2.28. The van der Waals surface area contributed by atoms with Gasteiger partial charge in [-0.25, -0.2) is 9.67 Å². The highest BCUT2D eigenvalue weighted by molar-refractivity contribution is 5.88. The number of nitrogens with zero attached hydrogens (tertiary/aromatic N) is 6. The van der Waals surface area contributed by atoms with E-state index in [1.165, 1.54) is 6.33 Å². The topological polar surface area (TPSA) is 78.7 Å². The predicted octanol–water partition coefficient (Wildman–Crippen LogP) is 0.649. The molecule has 1 N–H and O–H groups in total. The maximum Gasteiger partial charge on any atom is 0.242 e. The van der Waals surface area contributed by atoms with E-state index < -0.39 is 0 Å². The van der Waals surface area contributed by atoms with Gasteiger partial charge in [0.25, 0.3) is 0 Å². The normalized spacial score (nSPS) is 18.3. The van der Waals surface area contributed by atoms with Gasteiger partial charge in [-0.1, -0.05) is 12.1 Å². The van der Waals surface area contributed by atoms with Gasteiger partial charge >= 0.3 is 0 Å². The average molecular weight is 353 g/mol. The van der Waals surface area contributed by atoms with Gasteiger partial charge in [-0.2, -0.15) is 5.10 Å². The molecule has 1 aliphatic heterocycles. The third kappa shape index (κ3) is 3.54. The summed E-state index contributed by atoms with van der Waals surface area (Å²) in [6.07, 6.45) is 5.50. The number of piperazine rings is 1. The molecule has 1 aromatic carbocycles.